The van der Waals surface area contributed by atoms with Gasteiger partial charge in [-0.3, -0.25) is 9.59 Å². The number of ether oxygens (including phenoxy) is 1. The van der Waals surface area contributed by atoms with Crippen molar-refractivity contribution in [2.75, 3.05) is 7.11 Å². The van der Waals surface area contributed by atoms with Crippen molar-refractivity contribution in [2.24, 2.45) is 5.73 Å². The number of Topliss-reactive ketones (excluding diaryl/α,β-unsaturated/α-hetero) is 1. The lowest BCUT2D eigenvalue weighted by molar-refractivity contribution is -0.142. The van der Waals surface area contributed by atoms with Crippen molar-refractivity contribution in [2.45, 2.75) is 12.5 Å². The van der Waals surface area contributed by atoms with Crippen LogP contribution in [0, 0.1) is 0 Å². The van der Waals surface area contributed by atoms with Crippen LogP contribution < -0.4 is 5.73 Å². The van der Waals surface area contributed by atoms with Crippen molar-refractivity contribution < 1.29 is 14.3 Å². The molecule has 0 aliphatic carbocycles. The highest BCUT2D eigenvalue weighted by Crippen LogP contribution is 2.24. The van der Waals surface area contributed by atoms with Crippen molar-refractivity contribution in [1.29, 1.82) is 0 Å². The molecule has 0 fully saturated rings. The largest absolute Gasteiger partial charge is 0.468 e. The number of hydrogen-bond donors (Lipinski definition) is 1. The lowest BCUT2D eigenvalue weighted by atomic mass is 10.1. The molecule has 0 radical (unpaired) electrons. The standard InChI is InChI=1S/C9H10BrNO3S/c1-14-9(13)6(11)4-7(12)8-5(10)2-3-15-8/h2-3,6H,4,11H2,1H3. The summed E-state index contributed by atoms with van der Waals surface area (Å²) < 4.78 is 5.17. The van der Waals surface area contributed by atoms with Crippen LogP contribution in [0.5, 0.6) is 0 Å². The summed E-state index contributed by atoms with van der Waals surface area (Å²) in [6.45, 7) is 0. The highest BCUT2D eigenvalue weighted by molar-refractivity contribution is 9.10. The number of thiophene rings is 1. The first kappa shape index (κ1) is 12.4. The summed E-state index contributed by atoms with van der Waals surface area (Å²) in [6, 6.07) is 0.887. The van der Waals surface area contributed by atoms with Crippen LogP contribution in [0.2, 0.25) is 0 Å². The SMILES string of the molecule is COC(=O)C(N)CC(=O)c1sccc1Br. The minimum atomic E-state index is -0.892. The van der Waals surface area contributed by atoms with Crippen LogP contribution in [0.15, 0.2) is 15.9 Å². The zero-order valence-corrected chi connectivity index (χ0v) is 10.4. The van der Waals surface area contributed by atoms with Gasteiger partial charge in [0.1, 0.15) is 6.04 Å². The molecule has 4 nitrogen and oxygen atoms in total. The van der Waals surface area contributed by atoms with Gasteiger partial charge in [-0.25, -0.2) is 0 Å². The Kier molecular flexibility index (Phi) is 4.44. The zero-order valence-electron chi connectivity index (χ0n) is 8.03. The molecule has 1 heterocycles. The molecule has 0 saturated heterocycles. The molecule has 1 aromatic rings. The molecule has 0 spiro atoms. The molecular weight excluding hydrogens is 282 g/mol. The van der Waals surface area contributed by atoms with E-state index in [1.54, 1.807) is 11.4 Å². The van der Waals surface area contributed by atoms with E-state index in [0.29, 0.717) is 4.88 Å². The van der Waals surface area contributed by atoms with Crippen LogP contribution in [0.3, 0.4) is 0 Å². The monoisotopic (exact) mass is 291 g/mol. The van der Waals surface area contributed by atoms with Crippen LogP contribution in [0.4, 0.5) is 0 Å². The molecule has 6 heteroatoms. The fraction of sp³-hybridized carbons (Fsp3) is 0.333. The van der Waals surface area contributed by atoms with Gasteiger partial charge in [0, 0.05) is 10.9 Å². The number of esters is 1. The van der Waals surface area contributed by atoms with Gasteiger partial charge < -0.3 is 10.5 Å². The van der Waals surface area contributed by atoms with Crippen LogP contribution in [0.25, 0.3) is 0 Å². The van der Waals surface area contributed by atoms with E-state index in [1.807, 2.05) is 0 Å². The third kappa shape index (κ3) is 3.12. The number of methoxy groups -OCH3 is 1. The van der Waals surface area contributed by atoms with Crippen molar-refractivity contribution in [3.8, 4) is 0 Å². The Morgan fingerprint density at radius 3 is 2.80 bits per heavy atom. The molecule has 15 heavy (non-hydrogen) atoms. The predicted molar refractivity (Wildman–Crippen MR) is 61.0 cm³/mol. The van der Waals surface area contributed by atoms with Gasteiger partial charge in [-0.05, 0) is 27.4 Å². The van der Waals surface area contributed by atoms with Gasteiger partial charge in [0.25, 0.3) is 0 Å². The molecule has 0 bridgehead atoms. The zero-order chi connectivity index (χ0) is 11.4. The van der Waals surface area contributed by atoms with Crippen molar-refractivity contribution in [1.82, 2.24) is 0 Å². The summed E-state index contributed by atoms with van der Waals surface area (Å²) in [5, 5.41) is 1.79. The molecule has 0 aliphatic rings. The Balaban J connectivity index is 2.64. The lowest BCUT2D eigenvalue weighted by Crippen LogP contribution is -2.33. The van der Waals surface area contributed by atoms with Gasteiger partial charge in [-0.1, -0.05) is 0 Å². The molecular formula is C9H10BrNO3S. The molecule has 2 N–H and O–H groups in total. The fourth-order valence-electron chi connectivity index (χ4n) is 1.02. The highest BCUT2D eigenvalue weighted by atomic mass is 79.9. The Labute approximate surface area is 99.5 Å². The summed E-state index contributed by atoms with van der Waals surface area (Å²) in [6.07, 6.45) is -0.0359. The Bertz CT molecular complexity index is 377. The minimum absolute atomic E-state index is 0.0359. The van der Waals surface area contributed by atoms with Crippen molar-refractivity contribution in [3.63, 3.8) is 0 Å². The van der Waals surface area contributed by atoms with Gasteiger partial charge in [0.15, 0.2) is 5.78 Å². The summed E-state index contributed by atoms with van der Waals surface area (Å²) >= 11 is 4.56. The van der Waals surface area contributed by atoms with E-state index in [1.165, 1.54) is 18.4 Å². The molecule has 1 aromatic heterocycles. The van der Waals surface area contributed by atoms with E-state index in [2.05, 4.69) is 20.7 Å². The molecule has 1 atom stereocenters. The van der Waals surface area contributed by atoms with Crippen molar-refractivity contribution in [3.05, 3.63) is 20.8 Å². The number of ketones is 1. The Hall–Kier alpha value is -0.720. The average molecular weight is 292 g/mol. The summed E-state index contributed by atoms with van der Waals surface area (Å²) in [5.74, 6) is -0.731. The first-order valence-corrected chi connectivity index (χ1v) is 5.83. The van der Waals surface area contributed by atoms with E-state index in [0.717, 1.165) is 4.47 Å². The van der Waals surface area contributed by atoms with Crippen LogP contribution >= 0.6 is 27.3 Å². The minimum Gasteiger partial charge on any atom is -0.468 e. The Morgan fingerprint density at radius 2 is 2.33 bits per heavy atom. The highest BCUT2D eigenvalue weighted by Gasteiger charge is 2.20. The van der Waals surface area contributed by atoms with Crippen molar-refractivity contribution >= 4 is 39.0 Å². The molecule has 0 aromatic carbocycles. The molecule has 0 amide bonds. The molecule has 0 aliphatic heterocycles. The second kappa shape index (κ2) is 5.39. The van der Waals surface area contributed by atoms with Gasteiger partial charge in [0.2, 0.25) is 0 Å². The topological polar surface area (TPSA) is 69.4 Å². The quantitative estimate of drug-likeness (QED) is 0.675. The molecule has 1 unspecified atom stereocenters. The molecule has 1 rings (SSSR count). The lowest BCUT2D eigenvalue weighted by Gasteiger charge is -2.07. The molecule has 0 saturated carbocycles. The second-order valence-corrected chi connectivity index (χ2v) is 4.63. The number of nitrogens with two attached hydrogens (primary N) is 1. The first-order chi connectivity index (χ1) is 7.06. The number of rotatable bonds is 4. The maximum atomic E-state index is 11.7. The number of halogens is 1. The third-order valence-electron chi connectivity index (χ3n) is 1.78. The van der Waals surface area contributed by atoms with Crippen LogP contribution in [-0.2, 0) is 9.53 Å². The average Bonchev–Trinajstić information content (AvgIpc) is 2.63. The van der Waals surface area contributed by atoms with Gasteiger partial charge in [0.05, 0.1) is 12.0 Å². The van der Waals surface area contributed by atoms with Crippen LogP contribution in [-0.4, -0.2) is 24.9 Å². The third-order valence-corrected chi connectivity index (χ3v) is 3.66. The second-order valence-electron chi connectivity index (χ2n) is 2.85. The predicted octanol–water partition coefficient (Wildman–Crippen LogP) is 1.58. The van der Waals surface area contributed by atoms with E-state index >= 15 is 0 Å². The number of hydrogen-bond acceptors (Lipinski definition) is 5. The van der Waals surface area contributed by atoms with Crippen LogP contribution in [0.1, 0.15) is 16.1 Å². The maximum Gasteiger partial charge on any atom is 0.323 e. The summed E-state index contributed by atoms with van der Waals surface area (Å²) in [5.41, 5.74) is 5.48. The number of carbonyl (C=O) groups excluding carboxylic acids is 2. The van der Waals surface area contributed by atoms with Gasteiger partial charge in [-0.15, -0.1) is 11.3 Å². The Morgan fingerprint density at radius 1 is 1.67 bits per heavy atom. The summed E-state index contributed by atoms with van der Waals surface area (Å²) in [4.78, 5) is 23.2. The van der Waals surface area contributed by atoms with E-state index in [9.17, 15) is 9.59 Å². The van der Waals surface area contributed by atoms with E-state index in [4.69, 9.17) is 5.73 Å². The fourth-order valence-corrected chi connectivity index (χ4v) is 2.56. The van der Waals surface area contributed by atoms with E-state index < -0.39 is 12.0 Å². The van der Waals surface area contributed by atoms with E-state index in [-0.39, 0.29) is 12.2 Å². The normalized spacial score (nSPS) is 12.2. The molecule has 82 valence electrons. The number of carbonyl (C=O) groups is 2. The first-order valence-electron chi connectivity index (χ1n) is 4.16. The maximum absolute atomic E-state index is 11.7. The van der Waals surface area contributed by atoms with Gasteiger partial charge in [-0.2, -0.15) is 0 Å². The smallest absolute Gasteiger partial charge is 0.323 e. The van der Waals surface area contributed by atoms with Gasteiger partial charge >= 0.3 is 5.97 Å². The summed E-state index contributed by atoms with van der Waals surface area (Å²) in [7, 11) is 1.24.